The van der Waals surface area contributed by atoms with Gasteiger partial charge in [0, 0.05) is 17.5 Å². The Morgan fingerprint density at radius 2 is 1.47 bits per heavy atom. The van der Waals surface area contributed by atoms with Gasteiger partial charge in [0.2, 0.25) is 0 Å². The predicted molar refractivity (Wildman–Crippen MR) is 143 cm³/mol. The summed E-state index contributed by atoms with van der Waals surface area (Å²) >= 11 is 0. The first kappa shape index (κ1) is 22.7. The van der Waals surface area contributed by atoms with Gasteiger partial charge in [-0.05, 0) is 60.1 Å². The third-order valence-electron chi connectivity index (χ3n) is 7.75. The number of aromatic nitrogens is 2. The second-order valence-electron chi connectivity index (χ2n) is 10.7. The minimum Gasteiger partial charge on any atom is -0.224 e. The predicted octanol–water partition coefficient (Wildman–Crippen LogP) is 8.03. The van der Waals surface area contributed by atoms with Gasteiger partial charge in [0.05, 0.1) is 5.56 Å². The molecule has 174 valence electrons. The summed E-state index contributed by atoms with van der Waals surface area (Å²) in [4.78, 5) is 0. The Labute approximate surface area is 204 Å². The van der Waals surface area contributed by atoms with Crippen LogP contribution < -0.4 is 4.57 Å². The number of hydrogen-bond acceptors (Lipinski definition) is 0. The van der Waals surface area contributed by atoms with E-state index in [1.165, 1.54) is 44.9 Å². The molecule has 0 aliphatic carbocycles. The molecular formula is C32H37N2+. The Balaban J connectivity index is 1.83. The number of fused-ring (bicyclic) bond motifs is 3. The average Bonchev–Trinajstić information content (AvgIpc) is 3.30. The summed E-state index contributed by atoms with van der Waals surface area (Å²) in [6, 6.07) is 24.6. The summed E-state index contributed by atoms with van der Waals surface area (Å²) in [6.07, 6.45) is 6.79. The molecule has 1 aliphatic heterocycles. The number of benzene rings is 3. The van der Waals surface area contributed by atoms with Gasteiger partial charge in [-0.15, -0.1) is 0 Å². The second-order valence-corrected chi connectivity index (χ2v) is 10.7. The summed E-state index contributed by atoms with van der Waals surface area (Å²) in [5.41, 5.74) is 9.65. The van der Waals surface area contributed by atoms with Crippen molar-refractivity contribution in [2.24, 2.45) is 0 Å². The zero-order valence-corrected chi connectivity index (χ0v) is 21.5. The third kappa shape index (κ3) is 3.60. The van der Waals surface area contributed by atoms with Gasteiger partial charge >= 0.3 is 0 Å². The highest BCUT2D eigenvalue weighted by Gasteiger charge is 2.41. The molecule has 34 heavy (non-hydrogen) atoms. The molecule has 0 amide bonds. The van der Waals surface area contributed by atoms with Crippen molar-refractivity contribution in [3.05, 3.63) is 95.8 Å². The summed E-state index contributed by atoms with van der Waals surface area (Å²) in [6.45, 7) is 14.0. The van der Waals surface area contributed by atoms with Crippen LogP contribution in [0.25, 0.3) is 28.2 Å². The lowest BCUT2D eigenvalue weighted by Crippen LogP contribution is -2.57. The zero-order chi connectivity index (χ0) is 24.0. The van der Waals surface area contributed by atoms with E-state index in [-0.39, 0.29) is 5.54 Å². The molecule has 2 nitrogen and oxygen atoms in total. The number of nitrogens with zero attached hydrogens (tertiary/aromatic N) is 2. The molecule has 1 atom stereocenters. The standard InChI is InChI=1S/C32H37N2/c1-7-32(6)21-25-15-11-12-16-27(25)31-33(17-18-34(31)32)30-28(22(2)3)19-26(20-29(30)23(4)5)24-13-9-8-10-14-24/h8-20,22-23H,7,21H2,1-6H3/q+1. The number of hydrogen-bond donors (Lipinski definition) is 0. The van der Waals surface area contributed by atoms with Crippen LogP contribution in [0.3, 0.4) is 0 Å². The highest BCUT2D eigenvalue weighted by atomic mass is 15.2. The molecule has 1 aromatic heterocycles. The van der Waals surface area contributed by atoms with Crippen LogP contribution in [-0.4, -0.2) is 4.57 Å². The van der Waals surface area contributed by atoms with Crippen LogP contribution in [-0.2, 0) is 12.0 Å². The lowest BCUT2D eigenvalue weighted by Gasteiger charge is -2.32. The maximum atomic E-state index is 2.54. The highest BCUT2D eigenvalue weighted by Crippen LogP contribution is 2.40. The summed E-state index contributed by atoms with van der Waals surface area (Å²) in [5.74, 6) is 2.13. The minimum absolute atomic E-state index is 0.0783. The van der Waals surface area contributed by atoms with Gasteiger partial charge in [-0.1, -0.05) is 83.1 Å². The normalized spacial score (nSPS) is 17.2. The van der Waals surface area contributed by atoms with Crippen molar-refractivity contribution >= 4 is 0 Å². The van der Waals surface area contributed by atoms with Crippen molar-refractivity contribution < 1.29 is 4.57 Å². The van der Waals surface area contributed by atoms with E-state index < -0.39 is 0 Å². The van der Waals surface area contributed by atoms with E-state index in [9.17, 15) is 0 Å². The highest BCUT2D eigenvalue weighted by molar-refractivity contribution is 5.71. The summed E-state index contributed by atoms with van der Waals surface area (Å²) in [7, 11) is 0. The van der Waals surface area contributed by atoms with Crippen LogP contribution in [0.5, 0.6) is 0 Å². The van der Waals surface area contributed by atoms with Crippen LogP contribution in [0.1, 0.15) is 76.5 Å². The zero-order valence-electron chi connectivity index (χ0n) is 21.5. The maximum Gasteiger partial charge on any atom is 0.294 e. The molecule has 3 aromatic carbocycles. The second kappa shape index (κ2) is 8.58. The molecule has 2 heteroatoms. The molecule has 0 saturated carbocycles. The number of rotatable bonds is 5. The Hall–Kier alpha value is -3.13. The van der Waals surface area contributed by atoms with Crippen LogP contribution in [0, 0.1) is 0 Å². The first-order chi connectivity index (χ1) is 16.3. The Morgan fingerprint density at radius 1 is 0.853 bits per heavy atom. The average molecular weight is 450 g/mol. The molecular weight excluding hydrogens is 412 g/mol. The van der Waals surface area contributed by atoms with Crippen LogP contribution >= 0.6 is 0 Å². The smallest absolute Gasteiger partial charge is 0.224 e. The molecule has 0 radical (unpaired) electrons. The van der Waals surface area contributed by atoms with E-state index in [1.54, 1.807) is 0 Å². The van der Waals surface area contributed by atoms with Gasteiger partial charge < -0.3 is 0 Å². The molecule has 2 heterocycles. The fraction of sp³-hybridized carbons (Fsp3) is 0.344. The molecule has 0 fully saturated rings. The third-order valence-corrected chi connectivity index (χ3v) is 7.75. The summed E-state index contributed by atoms with van der Waals surface area (Å²) < 4.78 is 5.03. The fourth-order valence-corrected chi connectivity index (χ4v) is 5.59. The van der Waals surface area contributed by atoms with Crippen molar-refractivity contribution in [2.45, 2.75) is 71.8 Å². The minimum atomic E-state index is 0.0783. The molecule has 0 N–H and O–H groups in total. The van der Waals surface area contributed by atoms with Crippen molar-refractivity contribution in [3.63, 3.8) is 0 Å². The van der Waals surface area contributed by atoms with Gasteiger partial charge in [-0.2, -0.15) is 4.57 Å². The Bertz CT molecular complexity index is 1300. The Morgan fingerprint density at radius 3 is 2.09 bits per heavy atom. The van der Waals surface area contributed by atoms with E-state index in [4.69, 9.17) is 0 Å². The van der Waals surface area contributed by atoms with E-state index in [1.807, 2.05) is 0 Å². The first-order valence-electron chi connectivity index (χ1n) is 12.8. The van der Waals surface area contributed by atoms with Crippen molar-refractivity contribution in [1.82, 2.24) is 4.57 Å². The molecule has 0 bridgehead atoms. The van der Waals surface area contributed by atoms with Crippen molar-refractivity contribution in [3.8, 4) is 28.2 Å². The molecule has 0 spiro atoms. The number of imidazole rings is 1. The SMILES string of the molecule is CCC1(C)Cc2ccccc2-c2n(-c3c(C(C)C)cc(-c4ccccc4)cc3C(C)C)cc[n+]21. The van der Waals surface area contributed by atoms with Crippen LogP contribution in [0.2, 0.25) is 0 Å². The molecule has 4 aromatic rings. The molecule has 1 unspecified atom stereocenters. The van der Waals surface area contributed by atoms with Gasteiger partial charge in [0.1, 0.15) is 23.6 Å². The van der Waals surface area contributed by atoms with Gasteiger partial charge in [0.25, 0.3) is 5.82 Å². The fourth-order valence-electron chi connectivity index (χ4n) is 5.59. The summed E-state index contributed by atoms with van der Waals surface area (Å²) in [5, 5.41) is 0. The van der Waals surface area contributed by atoms with Crippen LogP contribution in [0.15, 0.2) is 79.1 Å². The lowest BCUT2D eigenvalue weighted by molar-refractivity contribution is -0.753. The maximum absolute atomic E-state index is 2.54. The topological polar surface area (TPSA) is 8.81 Å². The Kier molecular flexibility index (Phi) is 5.72. The van der Waals surface area contributed by atoms with Gasteiger partial charge in [0.15, 0.2) is 0 Å². The van der Waals surface area contributed by atoms with Crippen molar-refractivity contribution in [2.75, 3.05) is 0 Å². The molecule has 1 aliphatic rings. The molecule has 5 rings (SSSR count). The monoisotopic (exact) mass is 449 g/mol. The van der Waals surface area contributed by atoms with E-state index in [0.717, 1.165) is 12.8 Å². The first-order valence-corrected chi connectivity index (χ1v) is 12.8. The van der Waals surface area contributed by atoms with Gasteiger partial charge in [-0.25, -0.2) is 4.57 Å². The van der Waals surface area contributed by atoms with Crippen LogP contribution in [0.4, 0.5) is 0 Å². The molecule has 0 saturated heterocycles. The van der Waals surface area contributed by atoms with Crippen molar-refractivity contribution in [1.29, 1.82) is 0 Å². The van der Waals surface area contributed by atoms with E-state index >= 15 is 0 Å². The largest absolute Gasteiger partial charge is 0.294 e. The van der Waals surface area contributed by atoms with Gasteiger partial charge in [-0.3, -0.25) is 0 Å². The van der Waals surface area contributed by atoms with E-state index in [0.29, 0.717) is 11.8 Å². The quantitative estimate of drug-likeness (QED) is 0.273. The van der Waals surface area contributed by atoms with E-state index in [2.05, 4.69) is 130 Å². The lowest BCUT2D eigenvalue weighted by atomic mass is 9.84.